The van der Waals surface area contributed by atoms with Crippen molar-refractivity contribution in [1.29, 1.82) is 0 Å². The van der Waals surface area contributed by atoms with Crippen molar-refractivity contribution in [1.82, 2.24) is 4.98 Å². The molecular formula is C22H16Cl2N2O2S. The summed E-state index contributed by atoms with van der Waals surface area (Å²) in [5.74, 6) is 0.376. The molecule has 29 heavy (non-hydrogen) atoms. The Morgan fingerprint density at radius 2 is 1.93 bits per heavy atom. The van der Waals surface area contributed by atoms with Gasteiger partial charge in [0.15, 0.2) is 10.9 Å². The summed E-state index contributed by atoms with van der Waals surface area (Å²) in [4.78, 5) is 17.8. The quantitative estimate of drug-likeness (QED) is 0.367. The number of hydrogen-bond donors (Lipinski definition) is 1. The van der Waals surface area contributed by atoms with Crippen molar-refractivity contribution in [2.24, 2.45) is 0 Å². The minimum atomic E-state index is -0.359. The Bertz CT molecular complexity index is 1180. The van der Waals surface area contributed by atoms with Crippen molar-refractivity contribution >= 4 is 45.6 Å². The molecule has 4 aromatic rings. The first kappa shape index (κ1) is 19.7. The number of aromatic nitrogens is 1. The van der Waals surface area contributed by atoms with E-state index < -0.39 is 0 Å². The molecule has 0 bridgehead atoms. The number of thiazole rings is 1. The minimum absolute atomic E-state index is 0.196. The summed E-state index contributed by atoms with van der Waals surface area (Å²) in [5, 5.41) is 4.60. The molecule has 7 heteroatoms. The second kappa shape index (κ2) is 8.41. The molecule has 0 spiro atoms. The van der Waals surface area contributed by atoms with Crippen molar-refractivity contribution in [3.63, 3.8) is 0 Å². The maximum absolute atomic E-state index is 12.5. The lowest BCUT2D eigenvalue weighted by Gasteiger charge is -2.02. The molecule has 0 aliphatic carbocycles. The lowest BCUT2D eigenvalue weighted by molar-refractivity contribution is 0.0997. The van der Waals surface area contributed by atoms with Crippen molar-refractivity contribution in [3.8, 4) is 11.3 Å². The van der Waals surface area contributed by atoms with Gasteiger partial charge in [0.2, 0.25) is 0 Å². The highest BCUT2D eigenvalue weighted by atomic mass is 35.5. The van der Waals surface area contributed by atoms with E-state index in [0.717, 1.165) is 26.6 Å². The highest BCUT2D eigenvalue weighted by molar-refractivity contribution is 7.15. The molecule has 4 nitrogen and oxygen atoms in total. The van der Waals surface area contributed by atoms with E-state index in [1.54, 1.807) is 24.4 Å². The average Bonchev–Trinajstić information content (AvgIpc) is 3.35. The monoisotopic (exact) mass is 442 g/mol. The van der Waals surface area contributed by atoms with E-state index in [1.807, 2.05) is 43.3 Å². The smallest absolute Gasteiger partial charge is 0.293 e. The number of aryl methyl sites for hydroxylation is 1. The van der Waals surface area contributed by atoms with Crippen molar-refractivity contribution in [2.75, 3.05) is 5.32 Å². The Morgan fingerprint density at radius 1 is 1.10 bits per heavy atom. The normalized spacial score (nSPS) is 10.9. The number of carbonyl (C=O) groups excluding carboxylic acids is 1. The first-order valence-corrected chi connectivity index (χ1v) is 10.4. The number of halogens is 2. The van der Waals surface area contributed by atoms with Crippen molar-refractivity contribution < 1.29 is 9.21 Å². The Hall–Kier alpha value is -2.60. The predicted molar refractivity (Wildman–Crippen MR) is 118 cm³/mol. The molecule has 4 rings (SSSR count). The number of amides is 1. The molecule has 2 aromatic heterocycles. The van der Waals surface area contributed by atoms with Crippen LogP contribution in [-0.4, -0.2) is 10.9 Å². The second-order valence-corrected chi connectivity index (χ2v) is 8.42. The van der Waals surface area contributed by atoms with Crippen molar-refractivity contribution in [3.05, 3.63) is 92.6 Å². The van der Waals surface area contributed by atoms with Crippen LogP contribution < -0.4 is 5.32 Å². The van der Waals surface area contributed by atoms with Gasteiger partial charge in [-0.1, -0.05) is 47.5 Å². The molecule has 1 amide bonds. The van der Waals surface area contributed by atoms with Crippen LogP contribution in [0.3, 0.4) is 0 Å². The van der Waals surface area contributed by atoms with Crippen LogP contribution in [0.4, 0.5) is 5.13 Å². The van der Waals surface area contributed by atoms with Crippen LogP contribution in [0.2, 0.25) is 10.0 Å². The number of carbonyl (C=O) groups is 1. The van der Waals surface area contributed by atoms with Gasteiger partial charge in [-0.2, -0.15) is 0 Å². The molecule has 2 heterocycles. The molecule has 0 aliphatic rings. The summed E-state index contributed by atoms with van der Waals surface area (Å²) in [6, 6.07) is 16.7. The highest BCUT2D eigenvalue weighted by Gasteiger charge is 2.15. The molecule has 0 unspecified atom stereocenters. The van der Waals surface area contributed by atoms with Gasteiger partial charge in [-0.25, -0.2) is 4.98 Å². The fraction of sp³-hybridized carbons (Fsp3) is 0.0909. The van der Waals surface area contributed by atoms with Crippen molar-refractivity contribution in [2.45, 2.75) is 13.3 Å². The molecule has 146 valence electrons. The van der Waals surface area contributed by atoms with Crippen LogP contribution >= 0.6 is 34.5 Å². The van der Waals surface area contributed by atoms with Gasteiger partial charge in [-0.3, -0.25) is 10.1 Å². The number of furan rings is 1. The average molecular weight is 443 g/mol. The SMILES string of the molecule is Cc1ccc(Cc2cnc(NC(=O)c3ccc(-c4ccccc4Cl)o3)s2)cc1Cl. The molecule has 1 N–H and O–H groups in total. The van der Waals surface area contributed by atoms with E-state index in [0.29, 0.717) is 22.3 Å². The van der Waals surface area contributed by atoms with Crippen LogP contribution in [-0.2, 0) is 6.42 Å². The first-order valence-electron chi connectivity index (χ1n) is 8.85. The molecule has 2 aromatic carbocycles. The molecule has 0 atom stereocenters. The lowest BCUT2D eigenvalue weighted by atomic mass is 10.1. The summed E-state index contributed by atoms with van der Waals surface area (Å²) in [7, 11) is 0. The summed E-state index contributed by atoms with van der Waals surface area (Å²) in [6.07, 6.45) is 2.45. The van der Waals surface area contributed by atoms with Gasteiger partial charge in [-0.15, -0.1) is 11.3 Å². The topological polar surface area (TPSA) is 55.1 Å². The van der Waals surface area contributed by atoms with Crippen LogP contribution in [0.15, 0.2) is 65.2 Å². The van der Waals surface area contributed by atoms with Gasteiger partial charge in [0.05, 0.1) is 5.02 Å². The van der Waals surface area contributed by atoms with Gasteiger partial charge >= 0.3 is 0 Å². The fourth-order valence-corrected chi connectivity index (χ4v) is 4.09. The molecule has 0 saturated carbocycles. The zero-order valence-corrected chi connectivity index (χ0v) is 17.7. The van der Waals surface area contributed by atoms with E-state index in [1.165, 1.54) is 11.3 Å². The fourth-order valence-electron chi connectivity index (χ4n) is 2.82. The van der Waals surface area contributed by atoms with E-state index >= 15 is 0 Å². The second-order valence-electron chi connectivity index (χ2n) is 6.49. The molecule has 0 aliphatic heterocycles. The minimum Gasteiger partial charge on any atom is -0.451 e. The maximum atomic E-state index is 12.5. The number of hydrogen-bond acceptors (Lipinski definition) is 4. The van der Waals surface area contributed by atoms with Gasteiger partial charge < -0.3 is 4.42 Å². The highest BCUT2D eigenvalue weighted by Crippen LogP contribution is 2.30. The number of nitrogens with one attached hydrogen (secondary N) is 1. The molecule has 0 saturated heterocycles. The van der Waals surface area contributed by atoms with E-state index in [-0.39, 0.29) is 11.7 Å². The number of anilines is 1. The Labute approximate surface area is 182 Å². The van der Waals surface area contributed by atoms with Gasteiger partial charge in [0, 0.05) is 28.1 Å². The third-order valence-corrected chi connectivity index (χ3v) is 6.01. The maximum Gasteiger partial charge on any atom is 0.293 e. The predicted octanol–water partition coefficient (Wildman–Crippen LogP) is 6.86. The third-order valence-electron chi connectivity index (χ3n) is 4.36. The van der Waals surface area contributed by atoms with Crippen LogP contribution in [0.25, 0.3) is 11.3 Å². The van der Waals surface area contributed by atoms with E-state index in [2.05, 4.69) is 10.3 Å². The standard InChI is InChI=1S/C22H16Cl2N2O2S/c1-13-6-7-14(11-18(13)24)10-15-12-25-22(29-15)26-21(27)20-9-8-19(28-20)16-4-2-3-5-17(16)23/h2-9,11-12H,10H2,1H3,(H,25,26,27). The summed E-state index contributed by atoms with van der Waals surface area (Å²) in [5.41, 5.74) is 2.88. The molecular weight excluding hydrogens is 427 g/mol. The van der Waals surface area contributed by atoms with Crippen LogP contribution in [0.5, 0.6) is 0 Å². The first-order chi connectivity index (χ1) is 14.0. The van der Waals surface area contributed by atoms with E-state index in [4.69, 9.17) is 27.6 Å². The Morgan fingerprint density at radius 3 is 2.72 bits per heavy atom. The number of rotatable bonds is 5. The van der Waals surface area contributed by atoms with Gasteiger partial charge in [-0.05, 0) is 48.4 Å². The van der Waals surface area contributed by atoms with E-state index in [9.17, 15) is 4.79 Å². The summed E-state index contributed by atoms with van der Waals surface area (Å²) >= 11 is 13.8. The van der Waals surface area contributed by atoms with Gasteiger partial charge in [0.25, 0.3) is 5.91 Å². The summed E-state index contributed by atoms with van der Waals surface area (Å²) < 4.78 is 5.68. The zero-order valence-electron chi connectivity index (χ0n) is 15.4. The zero-order chi connectivity index (χ0) is 20.4. The third kappa shape index (κ3) is 4.53. The lowest BCUT2D eigenvalue weighted by Crippen LogP contribution is -2.10. The Balaban J connectivity index is 1.44. The van der Waals surface area contributed by atoms with Gasteiger partial charge in [0.1, 0.15) is 5.76 Å². The molecule has 0 radical (unpaired) electrons. The number of nitrogens with zero attached hydrogens (tertiary/aromatic N) is 1. The largest absolute Gasteiger partial charge is 0.451 e. The number of benzene rings is 2. The molecule has 0 fully saturated rings. The summed E-state index contributed by atoms with van der Waals surface area (Å²) in [6.45, 7) is 1.97. The van der Waals surface area contributed by atoms with Crippen LogP contribution in [0, 0.1) is 6.92 Å². The Kier molecular flexibility index (Phi) is 5.72. The van der Waals surface area contributed by atoms with Crippen LogP contribution in [0.1, 0.15) is 26.6 Å².